The second-order valence-electron chi connectivity index (χ2n) is 5.29. The van der Waals surface area contributed by atoms with Crippen LogP contribution in [0.15, 0.2) is 18.2 Å². The van der Waals surface area contributed by atoms with Crippen LogP contribution < -0.4 is 10.2 Å². The predicted molar refractivity (Wildman–Crippen MR) is 75.6 cm³/mol. The lowest BCUT2D eigenvalue weighted by Gasteiger charge is -2.19. The molecule has 2 rings (SSSR count). The first-order valence-electron chi connectivity index (χ1n) is 6.65. The van der Waals surface area contributed by atoms with E-state index in [-0.39, 0.29) is 17.7 Å². The molecule has 0 atom stereocenters. The Morgan fingerprint density at radius 3 is 2.74 bits per heavy atom. The van der Waals surface area contributed by atoms with Crippen molar-refractivity contribution in [2.45, 2.75) is 33.2 Å². The van der Waals surface area contributed by atoms with Crippen LogP contribution >= 0.6 is 0 Å². The van der Waals surface area contributed by atoms with Crippen LogP contribution in [0, 0.1) is 0 Å². The third-order valence-electron chi connectivity index (χ3n) is 3.26. The normalized spacial score (nSPS) is 13.6. The predicted octanol–water partition coefficient (Wildman–Crippen LogP) is 1.78. The second kappa shape index (κ2) is 5.43. The third-order valence-corrected chi connectivity index (χ3v) is 3.26. The van der Waals surface area contributed by atoms with Gasteiger partial charge in [-0.15, -0.1) is 0 Å². The molecule has 0 unspecified atom stereocenters. The van der Waals surface area contributed by atoms with Crippen molar-refractivity contribution in [2.24, 2.45) is 0 Å². The Balaban J connectivity index is 2.10. The quantitative estimate of drug-likeness (QED) is 0.839. The lowest BCUT2D eigenvalue weighted by atomic mass is 10.1. The molecule has 0 radical (unpaired) electrons. The molecule has 19 heavy (non-hydrogen) atoms. The Morgan fingerprint density at radius 2 is 2.11 bits per heavy atom. The van der Waals surface area contributed by atoms with Gasteiger partial charge in [-0.05, 0) is 51.0 Å². The van der Waals surface area contributed by atoms with Crippen molar-refractivity contribution in [1.82, 2.24) is 5.32 Å². The van der Waals surface area contributed by atoms with Gasteiger partial charge in [-0.2, -0.15) is 0 Å². The number of ketones is 1. The van der Waals surface area contributed by atoms with Gasteiger partial charge in [0, 0.05) is 23.8 Å². The van der Waals surface area contributed by atoms with Crippen LogP contribution in [0.4, 0.5) is 5.69 Å². The van der Waals surface area contributed by atoms with E-state index in [1.807, 2.05) is 32.0 Å². The SMILES string of the molecule is CC(=O)c1ccc2c(c1)CCN2CC(=O)NC(C)C. The maximum Gasteiger partial charge on any atom is 0.239 e. The summed E-state index contributed by atoms with van der Waals surface area (Å²) in [4.78, 5) is 25.2. The number of amides is 1. The van der Waals surface area contributed by atoms with Gasteiger partial charge in [-0.3, -0.25) is 9.59 Å². The van der Waals surface area contributed by atoms with E-state index >= 15 is 0 Å². The molecule has 0 saturated heterocycles. The minimum absolute atomic E-state index is 0.0403. The molecule has 1 aromatic carbocycles. The van der Waals surface area contributed by atoms with Gasteiger partial charge in [0.05, 0.1) is 6.54 Å². The summed E-state index contributed by atoms with van der Waals surface area (Å²) in [6.45, 7) is 6.70. The average molecular weight is 260 g/mol. The number of fused-ring (bicyclic) bond motifs is 1. The van der Waals surface area contributed by atoms with Gasteiger partial charge >= 0.3 is 0 Å². The molecule has 102 valence electrons. The fraction of sp³-hybridized carbons (Fsp3) is 0.467. The van der Waals surface area contributed by atoms with Crippen molar-refractivity contribution in [2.75, 3.05) is 18.0 Å². The maximum atomic E-state index is 11.8. The van der Waals surface area contributed by atoms with Crippen LogP contribution in [0.3, 0.4) is 0 Å². The van der Waals surface area contributed by atoms with Crippen molar-refractivity contribution in [3.63, 3.8) is 0 Å². The number of benzene rings is 1. The van der Waals surface area contributed by atoms with E-state index in [1.54, 1.807) is 6.92 Å². The smallest absolute Gasteiger partial charge is 0.239 e. The van der Waals surface area contributed by atoms with Gasteiger partial charge in [-0.25, -0.2) is 0 Å². The maximum absolute atomic E-state index is 11.8. The van der Waals surface area contributed by atoms with Gasteiger partial charge in [0.15, 0.2) is 5.78 Å². The number of anilines is 1. The molecule has 1 aliphatic rings. The summed E-state index contributed by atoms with van der Waals surface area (Å²) in [6.07, 6.45) is 0.894. The minimum Gasteiger partial charge on any atom is -0.362 e. The second-order valence-corrected chi connectivity index (χ2v) is 5.29. The number of hydrogen-bond acceptors (Lipinski definition) is 3. The molecule has 0 aliphatic carbocycles. The molecule has 0 fully saturated rings. The molecular weight excluding hydrogens is 240 g/mol. The van der Waals surface area contributed by atoms with E-state index in [0.29, 0.717) is 6.54 Å². The molecule has 1 N–H and O–H groups in total. The Hall–Kier alpha value is -1.84. The molecule has 0 spiro atoms. The summed E-state index contributed by atoms with van der Waals surface area (Å²) < 4.78 is 0. The zero-order valence-electron chi connectivity index (χ0n) is 11.7. The van der Waals surface area contributed by atoms with E-state index in [9.17, 15) is 9.59 Å². The lowest BCUT2D eigenvalue weighted by molar-refractivity contribution is -0.120. The van der Waals surface area contributed by atoms with Crippen LogP contribution in [0.1, 0.15) is 36.7 Å². The molecule has 4 heteroatoms. The summed E-state index contributed by atoms with van der Waals surface area (Å²) in [5.74, 6) is 0.122. The monoisotopic (exact) mass is 260 g/mol. The molecule has 4 nitrogen and oxygen atoms in total. The first kappa shape index (κ1) is 13.6. The summed E-state index contributed by atoms with van der Waals surface area (Å²) in [5.41, 5.74) is 2.97. The zero-order valence-corrected chi connectivity index (χ0v) is 11.7. The highest BCUT2D eigenvalue weighted by molar-refractivity contribution is 5.95. The van der Waals surface area contributed by atoms with E-state index in [1.165, 1.54) is 0 Å². The van der Waals surface area contributed by atoms with Crippen LogP contribution in [-0.4, -0.2) is 30.8 Å². The number of rotatable bonds is 4. The standard InChI is InChI=1S/C15H20N2O2/c1-10(2)16-15(19)9-17-7-6-13-8-12(11(3)18)4-5-14(13)17/h4-5,8,10H,6-7,9H2,1-3H3,(H,16,19). The van der Waals surface area contributed by atoms with Crippen molar-refractivity contribution in [1.29, 1.82) is 0 Å². The summed E-state index contributed by atoms with van der Waals surface area (Å²) >= 11 is 0. The van der Waals surface area contributed by atoms with Crippen LogP contribution in [0.25, 0.3) is 0 Å². The highest BCUT2D eigenvalue weighted by Gasteiger charge is 2.21. The Morgan fingerprint density at radius 1 is 1.37 bits per heavy atom. The van der Waals surface area contributed by atoms with E-state index in [0.717, 1.165) is 29.8 Å². The number of Topliss-reactive ketones (excluding diaryl/α,β-unsaturated/α-hetero) is 1. The summed E-state index contributed by atoms with van der Waals surface area (Å²) in [5, 5.41) is 2.90. The zero-order chi connectivity index (χ0) is 14.0. The first-order valence-corrected chi connectivity index (χ1v) is 6.65. The number of nitrogens with one attached hydrogen (secondary N) is 1. The number of carbonyl (C=O) groups is 2. The van der Waals surface area contributed by atoms with Gasteiger partial charge < -0.3 is 10.2 Å². The van der Waals surface area contributed by atoms with Gasteiger partial charge in [0.1, 0.15) is 0 Å². The van der Waals surface area contributed by atoms with Crippen molar-refractivity contribution in [3.8, 4) is 0 Å². The highest BCUT2D eigenvalue weighted by atomic mass is 16.2. The molecule has 1 aliphatic heterocycles. The van der Waals surface area contributed by atoms with Gasteiger partial charge in [0.25, 0.3) is 0 Å². The Bertz CT molecular complexity index is 509. The molecule has 0 bridgehead atoms. The Kier molecular flexibility index (Phi) is 3.88. The van der Waals surface area contributed by atoms with Crippen LogP contribution in [0.5, 0.6) is 0 Å². The van der Waals surface area contributed by atoms with E-state index in [4.69, 9.17) is 0 Å². The molecule has 0 aromatic heterocycles. The van der Waals surface area contributed by atoms with Crippen molar-refractivity contribution >= 4 is 17.4 Å². The molecular formula is C15H20N2O2. The topological polar surface area (TPSA) is 49.4 Å². The molecule has 1 heterocycles. The van der Waals surface area contributed by atoms with E-state index in [2.05, 4.69) is 10.2 Å². The third kappa shape index (κ3) is 3.13. The van der Waals surface area contributed by atoms with Gasteiger partial charge in [0.2, 0.25) is 5.91 Å². The molecule has 1 amide bonds. The van der Waals surface area contributed by atoms with Crippen LogP contribution in [0.2, 0.25) is 0 Å². The molecule has 1 aromatic rings. The van der Waals surface area contributed by atoms with Gasteiger partial charge in [-0.1, -0.05) is 0 Å². The highest BCUT2D eigenvalue weighted by Crippen LogP contribution is 2.28. The average Bonchev–Trinajstić information content (AvgIpc) is 2.70. The largest absolute Gasteiger partial charge is 0.362 e. The van der Waals surface area contributed by atoms with Crippen LogP contribution in [-0.2, 0) is 11.2 Å². The summed E-state index contributed by atoms with van der Waals surface area (Å²) in [6, 6.07) is 5.88. The summed E-state index contributed by atoms with van der Waals surface area (Å²) in [7, 11) is 0. The minimum atomic E-state index is 0.0403. The number of carbonyl (C=O) groups excluding carboxylic acids is 2. The lowest BCUT2D eigenvalue weighted by Crippen LogP contribution is -2.39. The Labute approximate surface area is 113 Å². The van der Waals surface area contributed by atoms with Crippen molar-refractivity contribution in [3.05, 3.63) is 29.3 Å². The fourth-order valence-corrected chi connectivity index (χ4v) is 2.39. The number of hydrogen-bond donors (Lipinski definition) is 1. The molecule has 0 saturated carbocycles. The van der Waals surface area contributed by atoms with Crippen molar-refractivity contribution < 1.29 is 9.59 Å². The number of nitrogens with zero attached hydrogens (tertiary/aromatic N) is 1. The fourth-order valence-electron chi connectivity index (χ4n) is 2.39. The van der Waals surface area contributed by atoms with E-state index < -0.39 is 0 Å². The first-order chi connectivity index (χ1) is 8.97.